The van der Waals surface area contributed by atoms with E-state index in [1.165, 1.54) is 6.42 Å². The van der Waals surface area contributed by atoms with Crippen molar-refractivity contribution in [2.24, 2.45) is 7.05 Å². The number of hydrogen-bond donors (Lipinski definition) is 2. The van der Waals surface area contributed by atoms with E-state index in [4.69, 9.17) is 0 Å². The van der Waals surface area contributed by atoms with Crippen molar-refractivity contribution in [1.29, 1.82) is 0 Å². The highest BCUT2D eigenvalue weighted by atomic mass is 16.1. The number of benzene rings is 1. The van der Waals surface area contributed by atoms with Gasteiger partial charge in [0.05, 0.1) is 36.2 Å². The number of rotatable bonds is 6. The van der Waals surface area contributed by atoms with Crippen LogP contribution in [0.1, 0.15) is 54.2 Å². The molecule has 9 nitrogen and oxygen atoms in total. The number of nitrogens with zero attached hydrogens (tertiary/aromatic N) is 6. The molecule has 1 aliphatic rings. The zero-order valence-corrected chi connectivity index (χ0v) is 17.5. The van der Waals surface area contributed by atoms with Gasteiger partial charge >= 0.3 is 0 Å². The van der Waals surface area contributed by atoms with Gasteiger partial charge in [0.25, 0.3) is 5.91 Å². The second-order valence-corrected chi connectivity index (χ2v) is 7.97. The fraction of sp³-hybridized carbons (Fsp3) is 0.318. The Morgan fingerprint density at radius 1 is 1.19 bits per heavy atom. The zero-order valence-electron chi connectivity index (χ0n) is 17.5. The van der Waals surface area contributed by atoms with E-state index < -0.39 is 0 Å². The van der Waals surface area contributed by atoms with Crippen LogP contribution in [0.25, 0.3) is 11.2 Å². The van der Waals surface area contributed by atoms with E-state index >= 15 is 0 Å². The van der Waals surface area contributed by atoms with Crippen molar-refractivity contribution in [3.63, 3.8) is 0 Å². The molecule has 0 spiro atoms. The van der Waals surface area contributed by atoms with Gasteiger partial charge in [-0.3, -0.25) is 9.48 Å². The number of aromatic nitrogens is 6. The fourth-order valence-electron chi connectivity index (χ4n) is 3.68. The molecule has 31 heavy (non-hydrogen) atoms. The molecule has 1 aliphatic carbocycles. The number of aryl methyl sites for hydroxylation is 1. The van der Waals surface area contributed by atoms with Crippen molar-refractivity contribution < 1.29 is 4.79 Å². The first-order chi connectivity index (χ1) is 15.1. The molecule has 0 unspecified atom stereocenters. The van der Waals surface area contributed by atoms with E-state index in [1.807, 2.05) is 49.1 Å². The first kappa shape index (κ1) is 19.2. The summed E-state index contributed by atoms with van der Waals surface area (Å²) in [4.78, 5) is 21.6. The monoisotopic (exact) mass is 416 g/mol. The molecule has 158 valence electrons. The van der Waals surface area contributed by atoms with Crippen molar-refractivity contribution >= 4 is 28.6 Å². The molecule has 3 heterocycles. The molecule has 0 bridgehead atoms. The summed E-state index contributed by atoms with van der Waals surface area (Å²) in [5.41, 5.74) is 3.81. The van der Waals surface area contributed by atoms with Gasteiger partial charge in [0.1, 0.15) is 11.3 Å². The molecule has 1 amide bonds. The molecule has 1 fully saturated rings. The van der Waals surface area contributed by atoms with Gasteiger partial charge in [-0.15, -0.1) is 0 Å². The van der Waals surface area contributed by atoms with Crippen LogP contribution < -0.4 is 10.6 Å². The largest absolute Gasteiger partial charge is 0.362 e. The van der Waals surface area contributed by atoms with E-state index in [0.717, 1.165) is 35.3 Å². The molecular weight excluding hydrogens is 392 g/mol. The van der Waals surface area contributed by atoms with Gasteiger partial charge in [0.2, 0.25) is 0 Å². The normalized spacial score (nSPS) is 14.9. The third-order valence-corrected chi connectivity index (χ3v) is 5.76. The number of fused-ring (bicyclic) bond motifs is 1. The Labute approximate surface area is 179 Å². The van der Waals surface area contributed by atoms with Gasteiger partial charge in [0.15, 0.2) is 5.65 Å². The summed E-state index contributed by atoms with van der Waals surface area (Å²) in [6.07, 6.45) is 10.4. The topological polar surface area (TPSA) is 103 Å². The second kappa shape index (κ2) is 7.82. The highest BCUT2D eigenvalue weighted by Crippen LogP contribution is 2.31. The van der Waals surface area contributed by atoms with Gasteiger partial charge in [-0.25, -0.2) is 14.6 Å². The average Bonchev–Trinajstić information content (AvgIpc) is 3.34. The molecule has 5 rings (SSSR count). The summed E-state index contributed by atoms with van der Waals surface area (Å²) < 4.78 is 3.60. The van der Waals surface area contributed by atoms with Gasteiger partial charge in [-0.1, -0.05) is 12.1 Å². The van der Waals surface area contributed by atoms with Crippen LogP contribution in [-0.4, -0.2) is 35.4 Å². The Hall–Kier alpha value is -3.75. The number of carbonyl (C=O) groups is 1. The summed E-state index contributed by atoms with van der Waals surface area (Å²) in [5.74, 6) is 0.511. The van der Waals surface area contributed by atoms with E-state index in [0.29, 0.717) is 17.4 Å². The molecule has 9 heteroatoms. The maximum absolute atomic E-state index is 12.7. The standard InChI is InChI=1S/C22H24N8O/c1-14(26-20-12-23-19-11-24-29(2)21(19)28-20)15-5-3-6-17(9-15)27-22(31)16-10-25-30(13-16)18-7-4-8-18/h3,5-6,9-14,18H,4,7-8H2,1-2H3,(H,26,28)(H,27,31)/t14-/m0/s1. The summed E-state index contributed by atoms with van der Waals surface area (Å²) in [7, 11) is 1.84. The maximum atomic E-state index is 12.7. The SMILES string of the molecule is C[C@H](Nc1cnc2cnn(C)c2n1)c1cccc(NC(=O)c2cnn(C3CCC3)c2)c1. The number of carbonyl (C=O) groups excluding carboxylic acids is 1. The Morgan fingerprint density at radius 2 is 2.06 bits per heavy atom. The molecule has 0 aliphatic heterocycles. The number of amides is 1. The summed E-state index contributed by atoms with van der Waals surface area (Å²) >= 11 is 0. The zero-order chi connectivity index (χ0) is 21.4. The van der Waals surface area contributed by atoms with Crippen molar-refractivity contribution in [3.05, 3.63) is 60.2 Å². The molecule has 0 saturated heterocycles. The Balaban J connectivity index is 1.27. The summed E-state index contributed by atoms with van der Waals surface area (Å²) in [6.45, 7) is 2.04. The molecular formula is C22H24N8O. The van der Waals surface area contributed by atoms with Crippen LogP contribution in [-0.2, 0) is 7.05 Å². The van der Waals surface area contributed by atoms with Crippen LogP contribution in [0.3, 0.4) is 0 Å². The van der Waals surface area contributed by atoms with E-state index in [-0.39, 0.29) is 11.9 Å². The highest BCUT2D eigenvalue weighted by molar-refractivity contribution is 6.04. The predicted octanol–water partition coefficient (Wildman–Crippen LogP) is 3.71. The highest BCUT2D eigenvalue weighted by Gasteiger charge is 2.21. The van der Waals surface area contributed by atoms with Crippen LogP contribution in [0.15, 0.2) is 49.1 Å². The fourth-order valence-corrected chi connectivity index (χ4v) is 3.68. The smallest absolute Gasteiger partial charge is 0.258 e. The van der Waals surface area contributed by atoms with Crippen LogP contribution in [0.5, 0.6) is 0 Å². The van der Waals surface area contributed by atoms with Gasteiger partial charge in [0, 0.05) is 18.9 Å². The third kappa shape index (κ3) is 3.86. The Kier molecular flexibility index (Phi) is 4.85. The van der Waals surface area contributed by atoms with Crippen LogP contribution >= 0.6 is 0 Å². The molecule has 1 saturated carbocycles. The first-order valence-electron chi connectivity index (χ1n) is 10.4. The minimum atomic E-state index is -0.157. The molecule has 1 aromatic carbocycles. The quantitative estimate of drug-likeness (QED) is 0.497. The molecule has 0 radical (unpaired) electrons. The van der Waals surface area contributed by atoms with Crippen molar-refractivity contribution in [2.75, 3.05) is 10.6 Å². The van der Waals surface area contributed by atoms with Gasteiger partial charge in [-0.05, 0) is 43.9 Å². The van der Waals surface area contributed by atoms with Gasteiger partial charge in [-0.2, -0.15) is 10.2 Å². The van der Waals surface area contributed by atoms with Crippen molar-refractivity contribution in [2.45, 2.75) is 38.3 Å². The molecule has 4 aromatic rings. The van der Waals surface area contributed by atoms with Crippen LogP contribution in [0.2, 0.25) is 0 Å². The number of anilines is 2. The third-order valence-electron chi connectivity index (χ3n) is 5.76. The summed E-state index contributed by atoms with van der Waals surface area (Å²) in [6, 6.07) is 8.19. The Bertz CT molecular complexity index is 1240. The van der Waals surface area contributed by atoms with E-state index in [1.54, 1.807) is 23.3 Å². The summed E-state index contributed by atoms with van der Waals surface area (Å²) in [5, 5.41) is 14.9. The Morgan fingerprint density at radius 3 is 2.87 bits per heavy atom. The number of hydrogen-bond acceptors (Lipinski definition) is 6. The van der Waals surface area contributed by atoms with Crippen LogP contribution in [0, 0.1) is 0 Å². The lowest BCUT2D eigenvalue weighted by Crippen LogP contribution is -2.17. The first-order valence-corrected chi connectivity index (χ1v) is 10.4. The van der Waals surface area contributed by atoms with Crippen molar-refractivity contribution in [3.8, 4) is 0 Å². The van der Waals surface area contributed by atoms with E-state index in [9.17, 15) is 4.79 Å². The minimum Gasteiger partial charge on any atom is -0.362 e. The average molecular weight is 416 g/mol. The van der Waals surface area contributed by atoms with Crippen LogP contribution in [0.4, 0.5) is 11.5 Å². The maximum Gasteiger partial charge on any atom is 0.258 e. The van der Waals surface area contributed by atoms with E-state index in [2.05, 4.69) is 30.8 Å². The molecule has 1 atom stereocenters. The van der Waals surface area contributed by atoms with Crippen molar-refractivity contribution in [1.82, 2.24) is 29.5 Å². The molecule has 2 N–H and O–H groups in total. The molecule has 3 aromatic heterocycles. The van der Waals surface area contributed by atoms with Gasteiger partial charge < -0.3 is 10.6 Å². The number of nitrogens with one attached hydrogen (secondary N) is 2. The predicted molar refractivity (Wildman–Crippen MR) is 118 cm³/mol. The lowest BCUT2D eigenvalue weighted by atomic mass is 9.93. The second-order valence-electron chi connectivity index (χ2n) is 7.97. The lowest BCUT2D eigenvalue weighted by Gasteiger charge is -2.25. The lowest BCUT2D eigenvalue weighted by molar-refractivity contribution is 0.102. The minimum absolute atomic E-state index is 0.0294.